The maximum Gasteiger partial charge on any atom is -0.0107 e. The van der Waals surface area contributed by atoms with Crippen molar-refractivity contribution in [1.29, 1.82) is 0 Å². The predicted molar refractivity (Wildman–Crippen MR) is 69.5 cm³/mol. The fourth-order valence-electron chi connectivity index (χ4n) is 2.44. The average molecular weight is 214 g/mol. The van der Waals surface area contributed by atoms with Crippen molar-refractivity contribution in [3.05, 3.63) is 42.5 Å². The first-order valence-corrected chi connectivity index (χ1v) is 7.39. The van der Waals surface area contributed by atoms with Crippen LogP contribution < -0.4 is 5.30 Å². The summed E-state index contributed by atoms with van der Waals surface area (Å²) in [6, 6.07) is 15.6. The molecule has 3 rings (SSSR count). The molecule has 0 unspecified atom stereocenters. The molecule has 76 valence electrons. The van der Waals surface area contributed by atoms with Gasteiger partial charge in [-0.15, -0.1) is 0 Å². The molecule has 1 heteroatoms. The zero-order chi connectivity index (χ0) is 10.1. The van der Waals surface area contributed by atoms with Crippen LogP contribution in [-0.4, -0.2) is 12.3 Å². The van der Waals surface area contributed by atoms with Gasteiger partial charge in [0.05, 0.1) is 0 Å². The summed E-state index contributed by atoms with van der Waals surface area (Å²) in [6.07, 6.45) is 5.77. The molecule has 0 radical (unpaired) electrons. The third-order valence-electron chi connectivity index (χ3n) is 3.21. The molecule has 15 heavy (non-hydrogen) atoms. The molecule has 1 saturated heterocycles. The van der Waals surface area contributed by atoms with Crippen LogP contribution in [0.2, 0.25) is 0 Å². The Morgan fingerprint density at radius 1 is 0.800 bits per heavy atom. The molecule has 1 aliphatic heterocycles. The van der Waals surface area contributed by atoms with E-state index in [2.05, 4.69) is 42.5 Å². The lowest BCUT2D eigenvalue weighted by Crippen LogP contribution is -2.03. The topological polar surface area (TPSA) is 0 Å². The molecule has 0 spiro atoms. The van der Waals surface area contributed by atoms with Crippen molar-refractivity contribution in [3.8, 4) is 0 Å². The Bertz CT molecular complexity index is 464. The number of benzene rings is 2. The van der Waals surface area contributed by atoms with E-state index in [1.807, 2.05) is 0 Å². The second-order valence-electron chi connectivity index (χ2n) is 4.19. The molecule has 0 saturated carbocycles. The Morgan fingerprint density at radius 2 is 1.53 bits per heavy atom. The van der Waals surface area contributed by atoms with Gasteiger partial charge < -0.3 is 0 Å². The molecule has 0 aromatic heterocycles. The quantitative estimate of drug-likeness (QED) is 0.634. The fraction of sp³-hybridized carbons (Fsp3) is 0.286. The predicted octanol–water partition coefficient (Wildman–Crippen LogP) is 3.74. The summed E-state index contributed by atoms with van der Waals surface area (Å²) in [7, 11) is 0.160. The first-order chi connectivity index (χ1) is 7.45. The summed E-state index contributed by atoms with van der Waals surface area (Å²) >= 11 is 0. The van der Waals surface area contributed by atoms with E-state index in [1.54, 1.807) is 5.30 Å². The van der Waals surface area contributed by atoms with Gasteiger partial charge in [-0.2, -0.15) is 0 Å². The van der Waals surface area contributed by atoms with E-state index in [9.17, 15) is 0 Å². The van der Waals surface area contributed by atoms with Crippen LogP contribution in [0.5, 0.6) is 0 Å². The monoisotopic (exact) mass is 214 g/mol. The van der Waals surface area contributed by atoms with Crippen LogP contribution >= 0.6 is 7.92 Å². The van der Waals surface area contributed by atoms with Crippen LogP contribution in [0.1, 0.15) is 12.8 Å². The second kappa shape index (κ2) is 3.94. The van der Waals surface area contributed by atoms with E-state index >= 15 is 0 Å². The van der Waals surface area contributed by atoms with Gasteiger partial charge in [-0.3, -0.25) is 0 Å². The minimum absolute atomic E-state index is 0.160. The highest BCUT2D eigenvalue weighted by Crippen LogP contribution is 2.43. The van der Waals surface area contributed by atoms with Gasteiger partial charge in [0.25, 0.3) is 0 Å². The third-order valence-corrected chi connectivity index (χ3v) is 6.00. The number of hydrogen-bond acceptors (Lipinski definition) is 0. The van der Waals surface area contributed by atoms with Gasteiger partial charge >= 0.3 is 0 Å². The van der Waals surface area contributed by atoms with Crippen molar-refractivity contribution in [2.75, 3.05) is 12.3 Å². The van der Waals surface area contributed by atoms with E-state index < -0.39 is 0 Å². The summed E-state index contributed by atoms with van der Waals surface area (Å²) in [5, 5.41) is 4.54. The lowest BCUT2D eigenvalue weighted by molar-refractivity contribution is 0.949. The Labute approximate surface area is 92.1 Å². The average Bonchev–Trinajstić information content (AvgIpc) is 2.82. The molecule has 1 aliphatic rings. The number of rotatable bonds is 1. The summed E-state index contributed by atoms with van der Waals surface area (Å²) in [5.74, 6) is 0. The van der Waals surface area contributed by atoms with Crippen LogP contribution in [0, 0.1) is 0 Å². The Hall–Kier alpha value is -0.870. The molecular formula is C14H15P. The van der Waals surface area contributed by atoms with Crippen molar-refractivity contribution < 1.29 is 0 Å². The van der Waals surface area contributed by atoms with Gasteiger partial charge in [-0.25, -0.2) is 0 Å². The normalized spacial score (nSPS) is 17.3. The summed E-state index contributed by atoms with van der Waals surface area (Å²) in [4.78, 5) is 0. The first kappa shape index (κ1) is 9.36. The Morgan fingerprint density at radius 3 is 2.40 bits per heavy atom. The summed E-state index contributed by atoms with van der Waals surface area (Å²) in [6.45, 7) is 0. The van der Waals surface area contributed by atoms with E-state index in [4.69, 9.17) is 0 Å². The van der Waals surface area contributed by atoms with Gasteiger partial charge in [-0.1, -0.05) is 50.4 Å². The molecule has 0 nitrogen and oxygen atoms in total. The molecular weight excluding hydrogens is 199 g/mol. The Kier molecular flexibility index (Phi) is 2.46. The summed E-state index contributed by atoms with van der Waals surface area (Å²) < 4.78 is 0. The standard InChI is InChI=1S/C14H15P/c1-2-8-13-12(6-1)7-5-9-14(13)15-10-3-4-11-15/h1-2,5-9H,3-4,10-11H2. The maximum atomic E-state index is 2.35. The second-order valence-corrected chi connectivity index (χ2v) is 6.65. The highest BCUT2D eigenvalue weighted by atomic mass is 31.1. The van der Waals surface area contributed by atoms with E-state index in [-0.39, 0.29) is 7.92 Å². The first-order valence-electron chi connectivity index (χ1n) is 5.68. The van der Waals surface area contributed by atoms with E-state index in [1.165, 1.54) is 35.9 Å². The van der Waals surface area contributed by atoms with Gasteiger partial charge in [0, 0.05) is 0 Å². The zero-order valence-corrected chi connectivity index (χ0v) is 9.71. The van der Waals surface area contributed by atoms with Crippen molar-refractivity contribution >= 4 is 24.0 Å². The fourth-order valence-corrected chi connectivity index (χ4v) is 5.20. The van der Waals surface area contributed by atoms with Crippen LogP contribution in [0.15, 0.2) is 42.5 Å². The van der Waals surface area contributed by atoms with Crippen molar-refractivity contribution in [2.24, 2.45) is 0 Å². The van der Waals surface area contributed by atoms with Crippen LogP contribution in [0.3, 0.4) is 0 Å². The molecule has 0 aliphatic carbocycles. The molecule has 0 N–H and O–H groups in total. The van der Waals surface area contributed by atoms with Crippen LogP contribution in [-0.2, 0) is 0 Å². The smallest absolute Gasteiger partial charge is 0.0107 e. The van der Waals surface area contributed by atoms with E-state index in [0.717, 1.165) is 0 Å². The lowest BCUT2D eigenvalue weighted by atomic mass is 10.1. The highest BCUT2D eigenvalue weighted by molar-refractivity contribution is 7.66. The van der Waals surface area contributed by atoms with Crippen LogP contribution in [0.4, 0.5) is 0 Å². The van der Waals surface area contributed by atoms with Crippen molar-refractivity contribution in [2.45, 2.75) is 12.8 Å². The van der Waals surface area contributed by atoms with Crippen molar-refractivity contribution in [1.82, 2.24) is 0 Å². The van der Waals surface area contributed by atoms with Gasteiger partial charge in [-0.05, 0) is 41.2 Å². The minimum Gasteiger partial charge on any atom is -0.0746 e. The molecule has 2 aromatic rings. The highest BCUT2D eigenvalue weighted by Gasteiger charge is 2.17. The van der Waals surface area contributed by atoms with Gasteiger partial charge in [0.15, 0.2) is 0 Å². The molecule has 1 fully saturated rings. The van der Waals surface area contributed by atoms with Crippen LogP contribution in [0.25, 0.3) is 10.8 Å². The molecule has 0 amide bonds. The van der Waals surface area contributed by atoms with E-state index in [0.29, 0.717) is 0 Å². The minimum atomic E-state index is 0.160. The Balaban J connectivity index is 2.16. The van der Waals surface area contributed by atoms with Crippen molar-refractivity contribution in [3.63, 3.8) is 0 Å². The third kappa shape index (κ3) is 1.68. The summed E-state index contributed by atoms with van der Waals surface area (Å²) in [5.41, 5.74) is 0. The number of hydrogen-bond donors (Lipinski definition) is 0. The van der Waals surface area contributed by atoms with Gasteiger partial charge in [0.1, 0.15) is 0 Å². The molecule has 0 atom stereocenters. The SMILES string of the molecule is c1ccc2c(P3CCCC3)cccc2c1. The molecule has 1 heterocycles. The molecule has 0 bridgehead atoms. The largest absolute Gasteiger partial charge is 0.0746 e. The maximum absolute atomic E-state index is 2.35. The lowest BCUT2D eigenvalue weighted by Gasteiger charge is -2.13. The zero-order valence-electron chi connectivity index (χ0n) is 8.82. The number of fused-ring (bicyclic) bond motifs is 1. The molecule has 2 aromatic carbocycles. The van der Waals surface area contributed by atoms with Gasteiger partial charge in [0.2, 0.25) is 0 Å².